The molecule has 140 valence electrons. The Bertz CT molecular complexity index is 1040. The van der Waals surface area contributed by atoms with E-state index in [4.69, 9.17) is 9.72 Å². The van der Waals surface area contributed by atoms with Gasteiger partial charge in [0.05, 0.1) is 35.9 Å². The summed E-state index contributed by atoms with van der Waals surface area (Å²) in [6, 6.07) is 11.8. The van der Waals surface area contributed by atoms with Crippen molar-refractivity contribution >= 4 is 22.6 Å². The second kappa shape index (κ2) is 6.09. The van der Waals surface area contributed by atoms with Crippen molar-refractivity contribution in [1.29, 1.82) is 0 Å². The van der Waals surface area contributed by atoms with Gasteiger partial charge in [-0.15, -0.1) is 0 Å². The fourth-order valence-corrected chi connectivity index (χ4v) is 3.83. The SMILES string of the molecule is COc1ccc(-c2nc3cc4c(cc3n2C)C(C)(C)C(=O)N4CCO)cc1. The highest BCUT2D eigenvalue weighted by Crippen LogP contribution is 2.43. The number of aliphatic hydroxyl groups excluding tert-OH is 1. The number of hydrogen-bond acceptors (Lipinski definition) is 4. The number of imidazole rings is 1. The first-order valence-electron chi connectivity index (χ1n) is 8.96. The Morgan fingerprint density at radius 1 is 1.19 bits per heavy atom. The maximum Gasteiger partial charge on any atom is 0.237 e. The van der Waals surface area contributed by atoms with Crippen molar-refractivity contribution in [3.8, 4) is 17.1 Å². The Labute approximate surface area is 158 Å². The highest BCUT2D eigenvalue weighted by atomic mass is 16.5. The second-order valence-electron chi connectivity index (χ2n) is 7.39. The van der Waals surface area contributed by atoms with E-state index in [0.29, 0.717) is 6.54 Å². The van der Waals surface area contributed by atoms with Crippen LogP contribution in [0, 0.1) is 0 Å². The molecule has 1 aliphatic heterocycles. The van der Waals surface area contributed by atoms with Crippen molar-refractivity contribution in [2.24, 2.45) is 7.05 Å². The molecule has 3 aromatic rings. The van der Waals surface area contributed by atoms with E-state index < -0.39 is 5.41 Å². The van der Waals surface area contributed by atoms with Crippen LogP contribution in [0.3, 0.4) is 0 Å². The smallest absolute Gasteiger partial charge is 0.237 e. The van der Waals surface area contributed by atoms with Crippen molar-refractivity contribution in [3.05, 3.63) is 42.0 Å². The molecule has 27 heavy (non-hydrogen) atoms. The molecule has 0 aliphatic carbocycles. The largest absolute Gasteiger partial charge is 0.497 e. The number of anilines is 1. The number of carbonyl (C=O) groups is 1. The number of benzene rings is 2. The summed E-state index contributed by atoms with van der Waals surface area (Å²) >= 11 is 0. The van der Waals surface area contributed by atoms with Crippen LogP contribution >= 0.6 is 0 Å². The first kappa shape index (κ1) is 17.5. The lowest BCUT2D eigenvalue weighted by Crippen LogP contribution is -2.37. The van der Waals surface area contributed by atoms with Crippen LogP contribution in [0.1, 0.15) is 19.4 Å². The Balaban J connectivity index is 1.88. The number of nitrogens with zero attached hydrogens (tertiary/aromatic N) is 3. The highest BCUT2D eigenvalue weighted by molar-refractivity contribution is 6.09. The summed E-state index contributed by atoms with van der Waals surface area (Å²) in [5, 5.41) is 9.37. The van der Waals surface area contributed by atoms with E-state index >= 15 is 0 Å². The summed E-state index contributed by atoms with van der Waals surface area (Å²) in [5.41, 5.74) is 3.99. The summed E-state index contributed by atoms with van der Waals surface area (Å²) in [4.78, 5) is 19.3. The number of aliphatic hydroxyl groups is 1. The summed E-state index contributed by atoms with van der Waals surface area (Å²) in [5.74, 6) is 1.67. The Hall–Kier alpha value is -2.86. The third-order valence-electron chi connectivity index (χ3n) is 5.41. The lowest BCUT2D eigenvalue weighted by molar-refractivity contribution is -0.122. The van der Waals surface area contributed by atoms with Crippen molar-refractivity contribution < 1.29 is 14.6 Å². The van der Waals surface area contributed by atoms with Gasteiger partial charge in [-0.25, -0.2) is 4.98 Å². The zero-order valence-corrected chi connectivity index (χ0v) is 16.0. The molecule has 2 aromatic carbocycles. The minimum atomic E-state index is -0.622. The Morgan fingerprint density at radius 2 is 1.89 bits per heavy atom. The number of rotatable bonds is 4. The number of amides is 1. The van der Waals surface area contributed by atoms with E-state index in [1.807, 2.05) is 55.8 Å². The average molecular weight is 365 g/mol. The molecule has 4 rings (SSSR count). The number of ether oxygens (including phenoxy) is 1. The van der Waals surface area contributed by atoms with E-state index in [1.54, 1.807) is 12.0 Å². The number of hydrogen-bond donors (Lipinski definition) is 1. The molecule has 0 spiro atoms. The van der Waals surface area contributed by atoms with Crippen LogP contribution in [0.2, 0.25) is 0 Å². The lowest BCUT2D eigenvalue weighted by Gasteiger charge is -2.19. The van der Waals surface area contributed by atoms with Gasteiger partial charge in [0.25, 0.3) is 0 Å². The number of methoxy groups -OCH3 is 1. The van der Waals surface area contributed by atoms with Crippen LogP contribution in [0.25, 0.3) is 22.4 Å². The van der Waals surface area contributed by atoms with Gasteiger partial charge in [-0.2, -0.15) is 0 Å². The number of β-amino-alcohol motifs (C(OH)–C–C–N with tert-alkyl or cyclic N) is 1. The first-order valence-corrected chi connectivity index (χ1v) is 8.96. The highest BCUT2D eigenvalue weighted by Gasteiger charge is 2.44. The van der Waals surface area contributed by atoms with E-state index in [-0.39, 0.29) is 12.5 Å². The molecule has 0 radical (unpaired) electrons. The van der Waals surface area contributed by atoms with Crippen LogP contribution in [-0.2, 0) is 17.3 Å². The molecule has 6 heteroatoms. The Morgan fingerprint density at radius 3 is 2.52 bits per heavy atom. The second-order valence-corrected chi connectivity index (χ2v) is 7.39. The molecular weight excluding hydrogens is 342 g/mol. The summed E-state index contributed by atoms with van der Waals surface area (Å²) in [6.07, 6.45) is 0. The van der Waals surface area contributed by atoms with Gasteiger partial charge >= 0.3 is 0 Å². The van der Waals surface area contributed by atoms with E-state index in [0.717, 1.165) is 39.4 Å². The minimum absolute atomic E-state index is 0.0113. The molecule has 0 saturated heterocycles. The summed E-state index contributed by atoms with van der Waals surface area (Å²) < 4.78 is 7.28. The molecular formula is C21H23N3O3. The average Bonchev–Trinajstić information content (AvgIpc) is 3.08. The molecule has 1 aliphatic rings. The van der Waals surface area contributed by atoms with Gasteiger partial charge in [0.2, 0.25) is 5.91 Å². The van der Waals surface area contributed by atoms with Crippen molar-refractivity contribution in [1.82, 2.24) is 9.55 Å². The number of aryl methyl sites for hydroxylation is 1. The van der Waals surface area contributed by atoms with Crippen molar-refractivity contribution in [2.45, 2.75) is 19.3 Å². The van der Waals surface area contributed by atoms with Crippen LogP contribution in [-0.4, -0.2) is 40.8 Å². The van der Waals surface area contributed by atoms with Gasteiger partial charge < -0.3 is 19.3 Å². The molecule has 1 aromatic heterocycles. The van der Waals surface area contributed by atoms with Crippen LogP contribution in [0.4, 0.5) is 5.69 Å². The van der Waals surface area contributed by atoms with Gasteiger partial charge in [-0.1, -0.05) is 0 Å². The lowest BCUT2D eigenvalue weighted by atomic mass is 9.86. The molecule has 0 atom stereocenters. The fraction of sp³-hybridized carbons (Fsp3) is 0.333. The van der Waals surface area contributed by atoms with E-state index in [9.17, 15) is 9.90 Å². The number of carbonyl (C=O) groups excluding carboxylic acids is 1. The topological polar surface area (TPSA) is 67.6 Å². The molecule has 2 heterocycles. The molecule has 0 unspecified atom stereocenters. The third-order valence-corrected chi connectivity index (χ3v) is 5.41. The molecule has 6 nitrogen and oxygen atoms in total. The van der Waals surface area contributed by atoms with Gasteiger partial charge in [0, 0.05) is 19.2 Å². The van der Waals surface area contributed by atoms with Gasteiger partial charge in [-0.05, 0) is 55.8 Å². The zero-order chi connectivity index (χ0) is 19.3. The van der Waals surface area contributed by atoms with E-state index in [1.165, 1.54) is 0 Å². The predicted molar refractivity (Wildman–Crippen MR) is 105 cm³/mol. The predicted octanol–water partition coefficient (Wildman–Crippen LogP) is 2.87. The maximum atomic E-state index is 12.8. The summed E-state index contributed by atoms with van der Waals surface area (Å²) in [7, 11) is 3.63. The quantitative estimate of drug-likeness (QED) is 0.772. The fourth-order valence-electron chi connectivity index (χ4n) is 3.83. The third kappa shape index (κ3) is 2.51. The van der Waals surface area contributed by atoms with Crippen LogP contribution in [0.5, 0.6) is 5.75 Å². The molecule has 0 fully saturated rings. The van der Waals surface area contributed by atoms with Crippen molar-refractivity contribution in [2.75, 3.05) is 25.2 Å². The standard InChI is InChI=1S/C21H23N3O3/c1-21(2)15-11-18-16(12-17(15)24(9-10-25)20(21)26)22-19(23(18)3)13-5-7-14(27-4)8-6-13/h5-8,11-12,25H,9-10H2,1-4H3. The first-order chi connectivity index (χ1) is 12.9. The van der Waals surface area contributed by atoms with Gasteiger partial charge in [0.15, 0.2) is 0 Å². The summed E-state index contributed by atoms with van der Waals surface area (Å²) in [6.45, 7) is 4.08. The zero-order valence-electron chi connectivity index (χ0n) is 16.0. The van der Waals surface area contributed by atoms with Crippen LogP contribution < -0.4 is 9.64 Å². The van der Waals surface area contributed by atoms with Gasteiger partial charge in [0.1, 0.15) is 11.6 Å². The minimum Gasteiger partial charge on any atom is -0.497 e. The van der Waals surface area contributed by atoms with E-state index in [2.05, 4.69) is 6.07 Å². The van der Waals surface area contributed by atoms with Gasteiger partial charge in [-0.3, -0.25) is 4.79 Å². The Kier molecular flexibility index (Phi) is 3.96. The maximum absolute atomic E-state index is 12.8. The molecule has 0 bridgehead atoms. The molecule has 1 amide bonds. The number of aromatic nitrogens is 2. The van der Waals surface area contributed by atoms with Crippen LogP contribution in [0.15, 0.2) is 36.4 Å². The monoisotopic (exact) mass is 365 g/mol. The number of fused-ring (bicyclic) bond motifs is 2. The molecule has 1 N–H and O–H groups in total. The van der Waals surface area contributed by atoms with Crippen molar-refractivity contribution in [3.63, 3.8) is 0 Å². The normalized spacial score (nSPS) is 15.4. The molecule has 0 saturated carbocycles.